The molecule has 0 radical (unpaired) electrons. The van der Waals surface area contributed by atoms with Crippen LogP contribution < -0.4 is 16.4 Å². The highest BCUT2D eigenvalue weighted by molar-refractivity contribution is 8.13. The number of carbonyl (C=O) groups is 3. The van der Waals surface area contributed by atoms with Crippen molar-refractivity contribution < 1.29 is 80.5 Å². The van der Waals surface area contributed by atoms with Gasteiger partial charge in [0.1, 0.15) is 36.3 Å². The van der Waals surface area contributed by atoms with Crippen LogP contribution in [0.4, 0.5) is 5.82 Å². The van der Waals surface area contributed by atoms with Crippen molar-refractivity contribution in [3.05, 3.63) is 24.8 Å². The van der Waals surface area contributed by atoms with Crippen LogP contribution in [0.1, 0.15) is 123 Å². The molecule has 2 aromatic rings. The molecule has 7 unspecified atom stereocenters. The highest BCUT2D eigenvalue weighted by Crippen LogP contribution is 2.61. The van der Waals surface area contributed by atoms with Crippen LogP contribution >= 0.6 is 35.2 Å². The van der Waals surface area contributed by atoms with Crippen molar-refractivity contribution >= 4 is 69.1 Å². The lowest BCUT2D eigenvalue weighted by molar-refractivity contribution is -0.137. The number of nitrogens with zero attached hydrogens (tertiary/aromatic N) is 4. The molecule has 0 saturated carbocycles. The fourth-order valence-electron chi connectivity index (χ4n) is 6.71. The molecular formula is C39H68N7O17P3S. The molecule has 7 atom stereocenters. The van der Waals surface area contributed by atoms with Crippen molar-refractivity contribution in [2.24, 2.45) is 5.41 Å². The van der Waals surface area contributed by atoms with Gasteiger partial charge < -0.3 is 50.9 Å². The molecule has 2 amide bonds. The van der Waals surface area contributed by atoms with E-state index in [2.05, 4.69) is 53.5 Å². The molecule has 1 fully saturated rings. The minimum Gasteiger partial charge on any atom is -0.386 e. The summed E-state index contributed by atoms with van der Waals surface area (Å²) >= 11 is 1.15. The normalized spacial score (nSPS) is 20.2. The second-order valence-electron chi connectivity index (χ2n) is 16.6. The number of hydrogen-bond donors (Lipinski definition) is 9. The number of amides is 2. The van der Waals surface area contributed by atoms with Gasteiger partial charge in [-0.25, -0.2) is 28.6 Å². The molecule has 10 N–H and O–H groups in total. The first-order chi connectivity index (χ1) is 31.6. The van der Waals surface area contributed by atoms with Crippen molar-refractivity contribution in [1.29, 1.82) is 0 Å². The van der Waals surface area contributed by atoms with E-state index in [1.807, 2.05) is 0 Å². The zero-order valence-corrected chi connectivity index (χ0v) is 41.6. The van der Waals surface area contributed by atoms with Crippen LogP contribution in [0.25, 0.3) is 11.2 Å². The molecule has 28 heteroatoms. The van der Waals surface area contributed by atoms with Crippen LogP contribution in [0.2, 0.25) is 0 Å². The van der Waals surface area contributed by atoms with Gasteiger partial charge in [0.2, 0.25) is 11.8 Å². The first-order valence-electron chi connectivity index (χ1n) is 22.3. The minimum atomic E-state index is -5.57. The number of phosphoric acid groups is 3. The van der Waals surface area contributed by atoms with Gasteiger partial charge in [-0.15, -0.1) is 0 Å². The molecular weight excluding hydrogens is 963 g/mol. The van der Waals surface area contributed by atoms with Gasteiger partial charge in [-0.3, -0.25) is 32.5 Å². The summed E-state index contributed by atoms with van der Waals surface area (Å²) in [6.07, 6.45) is 13.4. The summed E-state index contributed by atoms with van der Waals surface area (Å²) in [6.45, 7) is 2.79. The standard InChI is InChI=1S/C39H68N7O17P3S/c1-4-5-6-7-8-9-10-11-12-13-14-15-16-17-18-19-30(48)67-23-22-41-29(47)20-21-42-37(51)34(50)39(2,3)25-60-66(57,58)63-65(55,56)59-24-28-33(62-64(52,53)54)32(49)38(61-28)46-27-45-31-35(40)43-26-44-36(31)46/h9-10,26-28,32-34,38,49-50H,4-8,11-25H2,1-3H3,(H,41,47)(H,42,51)(H,55,56)(H,57,58)(H2,40,43,44)(H2,52,53,54)/b10-9+. The van der Waals surface area contributed by atoms with Gasteiger partial charge in [0.25, 0.3) is 0 Å². The molecule has 3 rings (SSSR count). The Bertz CT molecular complexity index is 2040. The van der Waals surface area contributed by atoms with Gasteiger partial charge >= 0.3 is 23.5 Å². The third-order valence-corrected chi connectivity index (χ3v) is 14.4. The maximum Gasteiger partial charge on any atom is 0.481 e. The Labute approximate surface area is 394 Å². The summed E-state index contributed by atoms with van der Waals surface area (Å²) < 4.78 is 62.4. The number of nitrogens with one attached hydrogen (secondary N) is 2. The number of hydrogen-bond acceptors (Lipinski definition) is 18. The number of nitrogen functional groups attached to an aromatic ring is 1. The zero-order valence-electron chi connectivity index (χ0n) is 38.1. The second kappa shape index (κ2) is 28.8. The maximum atomic E-state index is 12.7. The van der Waals surface area contributed by atoms with E-state index in [9.17, 15) is 57.9 Å². The number of aliphatic hydroxyl groups is 2. The van der Waals surface area contributed by atoms with E-state index >= 15 is 0 Å². The third-order valence-electron chi connectivity index (χ3n) is 10.4. The van der Waals surface area contributed by atoms with Gasteiger partial charge in [-0.2, -0.15) is 4.31 Å². The molecule has 67 heavy (non-hydrogen) atoms. The Morgan fingerprint density at radius 3 is 2.18 bits per heavy atom. The summed E-state index contributed by atoms with van der Waals surface area (Å²) in [5, 5.41) is 26.7. The van der Waals surface area contributed by atoms with E-state index in [1.54, 1.807) is 0 Å². The van der Waals surface area contributed by atoms with E-state index in [1.165, 1.54) is 71.6 Å². The minimum absolute atomic E-state index is 0.0332. The average Bonchev–Trinajstić information content (AvgIpc) is 3.81. The Morgan fingerprint density at radius 1 is 0.896 bits per heavy atom. The summed E-state index contributed by atoms with van der Waals surface area (Å²) in [5.41, 5.74) is 4.29. The van der Waals surface area contributed by atoms with Crippen molar-refractivity contribution in [3.8, 4) is 0 Å². The Morgan fingerprint density at radius 2 is 1.52 bits per heavy atom. The van der Waals surface area contributed by atoms with Gasteiger partial charge in [0, 0.05) is 37.1 Å². The van der Waals surface area contributed by atoms with Crippen LogP contribution in [-0.2, 0) is 50.7 Å². The molecule has 3 heterocycles. The van der Waals surface area contributed by atoms with Gasteiger partial charge in [-0.1, -0.05) is 96.1 Å². The summed E-state index contributed by atoms with van der Waals surface area (Å²) in [6, 6.07) is 0. The Kier molecular flexibility index (Phi) is 25.2. The molecule has 2 aromatic heterocycles. The quantitative estimate of drug-likeness (QED) is 0.0260. The molecule has 0 aliphatic carbocycles. The second-order valence-corrected chi connectivity index (χ2v) is 22.0. The van der Waals surface area contributed by atoms with E-state index in [0.717, 1.165) is 54.7 Å². The number of imidazole rings is 1. The Hall–Kier alpha value is -2.70. The van der Waals surface area contributed by atoms with E-state index < -0.39 is 84.6 Å². The van der Waals surface area contributed by atoms with Crippen molar-refractivity contribution in [2.75, 3.05) is 37.8 Å². The van der Waals surface area contributed by atoms with Crippen molar-refractivity contribution in [2.45, 2.75) is 148 Å². The average molecular weight is 1030 g/mol. The molecule has 1 saturated heterocycles. The molecule has 0 bridgehead atoms. The van der Waals surface area contributed by atoms with E-state index in [0.29, 0.717) is 12.2 Å². The number of aromatic nitrogens is 4. The van der Waals surface area contributed by atoms with Gasteiger partial charge in [-0.05, 0) is 32.1 Å². The van der Waals surface area contributed by atoms with Gasteiger partial charge in [0.05, 0.1) is 19.5 Å². The van der Waals surface area contributed by atoms with Crippen molar-refractivity contribution in [1.82, 2.24) is 30.2 Å². The van der Waals surface area contributed by atoms with Gasteiger partial charge in [0.15, 0.2) is 22.8 Å². The lowest BCUT2D eigenvalue weighted by Crippen LogP contribution is -2.46. The number of phosphoric ester groups is 3. The molecule has 1 aliphatic heterocycles. The summed E-state index contributed by atoms with van der Waals surface area (Å²) in [5.74, 6) is -1.03. The van der Waals surface area contributed by atoms with E-state index in [4.69, 9.17) is 19.5 Å². The fourth-order valence-corrected chi connectivity index (χ4v) is 10.3. The van der Waals surface area contributed by atoms with Crippen LogP contribution in [0.5, 0.6) is 0 Å². The number of aliphatic hydroxyl groups excluding tert-OH is 2. The first-order valence-corrected chi connectivity index (χ1v) is 27.8. The number of unbranched alkanes of at least 4 members (excludes halogenated alkanes) is 11. The predicted molar refractivity (Wildman–Crippen MR) is 247 cm³/mol. The molecule has 382 valence electrons. The number of fused-ring (bicyclic) bond motifs is 1. The number of carbonyl (C=O) groups excluding carboxylic acids is 3. The zero-order chi connectivity index (χ0) is 49.7. The topological polar surface area (TPSA) is 364 Å². The van der Waals surface area contributed by atoms with Crippen LogP contribution in [0, 0.1) is 5.41 Å². The number of rotatable bonds is 34. The SMILES string of the molecule is CCCCCC/C=C/CCCCCCCCCC(=O)SCCNC(=O)CCNC(=O)C(O)C(C)(C)COP(=O)(O)OP(=O)(O)OCC1OC(n2cnc3c(N)ncnc32)C(O)C1OP(=O)(O)O. The molecule has 0 spiro atoms. The lowest BCUT2D eigenvalue weighted by atomic mass is 9.87. The highest BCUT2D eigenvalue weighted by Gasteiger charge is 2.50. The largest absolute Gasteiger partial charge is 0.481 e. The Balaban J connectivity index is 1.30. The molecule has 1 aliphatic rings. The van der Waals surface area contributed by atoms with Crippen LogP contribution in [0.15, 0.2) is 24.8 Å². The van der Waals surface area contributed by atoms with E-state index in [-0.39, 0.29) is 41.6 Å². The van der Waals surface area contributed by atoms with Crippen LogP contribution in [0.3, 0.4) is 0 Å². The number of allylic oxidation sites excluding steroid dienone is 2. The number of anilines is 1. The fraction of sp³-hybridized carbons (Fsp3) is 0.744. The summed E-state index contributed by atoms with van der Waals surface area (Å²) in [7, 11) is -16.4. The smallest absolute Gasteiger partial charge is 0.386 e. The number of nitrogens with two attached hydrogens (primary N) is 1. The first kappa shape index (κ1) is 58.6. The summed E-state index contributed by atoms with van der Waals surface area (Å²) in [4.78, 5) is 88.3. The van der Waals surface area contributed by atoms with Crippen molar-refractivity contribution in [3.63, 3.8) is 0 Å². The predicted octanol–water partition coefficient (Wildman–Crippen LogP) is 4.70. The third kappa shape index (κ3) is 21.9. The molecule has 24 nitrogen and oxygen atoms in total. The number of ether oxygens (including phenoxy) is 1. The van der Waals surface area contributed by atoms with Crippen LogP contribution in [-0.4, -0.2) is 123 Å². The number of thioether (sulfide) groups is 1. The monoisotopic (exact) mass is 1030 g/mol. The molecule has 0 aromatic carbocycles. The lowest BCUT2D eigenvalue weighted by Gasteiger charge is -2.30. The maximum absolute atomic E-state index is 12.7. The highest BCUT2D eigenvalue weighted by atomic mass is 32.2.